The topological polar surface area (TPSA) is 35.6 Å². The molecular formula is C13H15F2N3O. The van der Waals surface area contributed by atoms with Gasteiger partial charge in [-0.05, 0) is 18.6 Å². The highest BCUT2D eigenvalue weighted by atomic mass is 19.1. The number of anilines is 1. The van der Waals surface area contributed by atoms with E-state index in [2.05, 4.69) is 10.2 Å². The first-order valence-corrected chi connectivity index (χ1v) is 6.39. The second kappa shape index (κ2) is 4.77. The van der Waals surface area contributed by atoms with Gasteiger partial charge < -0.3 is 10.2 Å². The number of hydrogen-bond donors (Lipinski definition) is 1. The minimum Gasteiger partial charge on any atom is -0.319 e. The Bertz CT molecular complexity index is 488. The van der Waals surface area contributed by atoms with E-state index < -0.39 is 17.7 Å². The summed E-state index contributed by atoms with van der Waals surface area (Å²) in [6.07, 6.45) is 0.924. The van der Waals surface area contributed by atoms with Crippen molar-refractivity contribution in [1.29, 1.82) is 0 Å². The van der Waals surface area contributed by atoms with E-state index in [1.165, 1.54) is 6.07 Å². The van der Waals surface area contributed by atoms with Crippen LogP contribution in [0.1, 0.15) is 6.42 Å². The molecule has 4 nitrogen and oxygen atoms in total. The summed E-state index contributed by atoms with van der Waals surface area (Å²) in [7, 11) is 0. The molecule has 2 aliphatic rings. The molecule has 6 heteroatoms. The average molecular weight is 267 g/mol. The van der Waals surface area contributed by atoms with E-state index >= 15 is 0 Å². The smallest absolute Gasteiger partial charge is 0.319 e. The Labute approximate surface area is 110 Å². The van der Waals surface area contributed by atoms with Gasteiger partial charge >= 0.3 is 6.03 Å². The summed E-state index contributed by atoms with van der Waals surface area (Å²) in [6.45, 7) is 3.27. The Balaban J connectivity index is 1.74. The lowest BCUT2D eigenvalue weighted by molar-refractivity contribution is 0.153. The summed E-state index contributed by atoms with van der Waals surface area (Å²) in [6, 6.07) is 3.27. The van der Waals surface area contributed by atoms with Crippen molar-refractivity contribution in [3.8, 4) is 0 Å². The van der Waals surface area contributed by atoms with Gasteiger partial charge in [-0.3, -0.25) is 4.90 Å². The number of halogens is 2. The summed E-state index contributed by atoms with van der Waals surface area (Å²) in [5.74, 6) is -1.50. The third-order valence-corrected chi connectivity index (χ3v) is 3.80. The van der Waals surface area contributed by atoms with E-state index in [1.807, 2.05) is 0 Å². The summed E-state index contributed by atoms with van der Waals surface area (Å²) in [5, 5.41) is 2.35. The predicted octanol–water partition coefficient (Wildman–Crippen LogP) is 1.89. The number of fused-ring (bicyclic) bond motifs is 2. The zero-order chi connectivity index (χ0) is 13.4. The third-order valence-electron chi connectivity index (χ3n) is 3.80. The van der Waals surface area contributed by atoms with Crippen molar-refractivity contribution in [2.75, 3.05) is 31.5 Å². The molecule has 1 N–H and O–H groups in total. The number of para-hydroxylation sites is 1. The maximum absolute atomic E-state index is 13.5. The van der Waals surface area contributed by atoms with Gasteiger partial charge in [-0.25, -0.2) is 13.6 Å². The molecule has 2 aliphatic heterocycles. The average Bonchev–Trinajstić information content (AvgIpc) is 2.76. The van der Waals surface area contributed by atoms with Crippen molar-refractivity contribution in [2.24, 2.45) is 0 Å². The van der Waals surface area contributed by atoms with Crippen LogP contribution in [0.15, 0.2) is 18.2 Å². The third kappa shape index (κ3) is 2.28. The summed E-state index contributed by atoms with van der Waals surface area (Å²) in [5.41, 5.74) is -0.368. The number of piperazine rings is 1. The zero-order valence-corrected chi connectivity index (χ0v) is 10.4. The van der Waals surface area contributed by atoms with Crippen LogP contribution < -0.4 is 5.32 Å². The van der Waals surface area contributed by atoms with Gasteiger partial charge in [-0.2, -0.15) is 0 Å². The number of carbonyl (C=O) groups excluding carboxylic acids is 1. The first kappa shape index (κ1) is 12.3. The van der Waals surface area contributed by atoms with E-state index in [-0.39, 0.29) is 11.7 Å². The fourth-order valence-electron chi connectivity index (χ4n) is 2.76. The van der Waals surface area contributed by atoms with Crippen LogP contribution in [0.3, 0.4) is 0 Å². The van der Waals surface area contributed by atoms with E-state index in [1.54, 1.807) is 4.90 Å². The molecule has 2 heterocycles. The maximum atomic E-state index is 13.5. The van der Waals surface area contributed by atoms with Crippen molar-refractivity contribution in [2.45, 2.75) is 12.5 Å². The van der Waals surface area contributed by atoms with Crippen LogP contribution in [0.25, 0.3) is 0 Å². The Morgan fingerprint density at radius 2 is 1.95 bits per heavy atom. The molecule has 0 spiro atoms. The molecule has 3 rings (SSSR count). The Kier molecular flexibility index (Phi) is 3.10. The van der Waals surface area contributed by atoms with E-state index in [0.717, 1.165) is 38.2 Å². The molecule has 1 aromatic rings. The van der Waals surface area contributed by atoms with Crippen molar-refractivity contribution in [3.05, 3.63) is 29.8 Å². The normalized spacial score (nSPS) is 25.5. The Morgan fingerprint density at radius 3 is 2.68 bits per heavy atom. The van der Waals surface area contributed by atoms with Crippen LogP contribution in [-0.2, 0) is 0 Å². The molecule has 1 aromatic carbocycles. The van der Waals surface area contributed by atoms with Crippen molar-refractivity contribution in [1.82, 2.24) is 9.80 Å². The largest absolute Gasteiger partial charge is 0.322 e. The quantitative estimate of drug-likeness (QED) is 0.843. The minimum absolute atomic E-state index is 0.156. The molecule has 2 saturated heterocycles. The molecule has 19 heavy (non-hydrogen) atoms. The fraction of sp³-hybridized carbons (Fsp3) is 0.462. The molecule has 2 unspecified atom stereocenters. The van der Waals surface area contributed by atoms with Gasteiger partial charge in [0.05, 0.1) is 0 Å². The van der Waals surface area contributed by atoms with Gasteiger partial charge in [0.2, 0.25) is 0 Å². The summed E-state index contributed by atoms with van der Waals surface area (Å²) >= 11 is 0. The van der Waals surface area contributed by atoms with E-state index in [9.17, 15) is 13.6 Å². The highest BCUT2D eigenvalue weighted by molar-refractivity contribution is 5.90. The second-order valence-electron chi connectivity index (χ2n) is 4.96. The van der Waals surface area contributed by atoms with Crippen LogP contribution in [0.5, 0.6) is 0 Å². The number of benzene rings is 1. The molecule has 2 fully saturated rings. The van der Waals surface area contributed by atoms with Crippen molar-refractivity contribution >= 4 is 11.7 Å². The van der Waals surface area contributed by atoms with Gasteiger partial charge in [0.25, 0.3) is 0 Å². The summed E-state index contributed by atoms with van der Waals surface area (Å²) < 4.78 is 27.0. The molecule has 102 valence electrons. The number of amides is 2. The number of nitrogens with one attached hydrogen (secondary N) is 1. The van der Waals surface area contributed by atoms with Crippen molar-refractivity contribution < 1.29 is 13.6 Å². The number of hydrogen-bond acceptors (Lipinski definition) is 2. The van der Waals surface area contributed by atoms with E-state index in [4.69, 9.17) is 0 Å². The highest BCUT2D eigenvalue weighted by Gasteiger charge is 2.35. The van der Waals surface area contributed by atoms with Gasteiger partial charge in [-0.15, -0.1) is 0 Å². The number of carbonyl (C=O) groups is 1. The van der Waals surface area contributed by atoms with Crippen molar-refractivity contribution in [3.63, 3.8) is 0 Å². The lowest BCUT2D eigenvalue weighted by atomic mass is 10.2. The molecule has 0 aliphatic carbocycles. The first-order chi connectivity index (χ1) is 9.15. The zero-order valence-electron chi connectivity index (χ0n) is 10.4. The second-order valence-corrected chi connectivity index (χ2v) is 4.96. The molecular weight excluding hydrogens is 252 g/mol. The molecule has 0 radical (unpaired) electrons. The van der Waals surface area contributed by atoms with Crippen LogP contribution in [-0.4, -0.2) is 48.1 Å². The van der Waals surface area contributed by atoms with Crippen LogP contribution in [0, 0.1) is 11.6 Å². The molecule has 2 atom stereocenters. The SMILES string of the molecule is O=C(Nc1c(F)cccc1F)N1CCN2CCC1C2. The fourth-order valence-corrected chi connectivity index (χ4v) is 2.76. The minimum atomic E-state index is -0.751. The number of rotatable bonds is 1. The maximum Gasteiger partial charge on any atom is 0.322 e. The molecule has 0 saturated carbocycles. The Morgan fingerprint density at radius 1 is 1.21 bits per heavy atom. The highest BCUT2D eigenvalue weighted by Crippen LogP contribution is 2.23. The predicted molar refractivity (Wildman–Crippen MR) is 66.9 cm³/mol. The van der Waals surface area contributed by atoms with Gasteiger partial charge in [0.15, 0.2) is 0 Å². The standard InChI is InChI=1S/C13H15F2N3O/c14-10-2-1-3-11(15)12(10)16-13(19)18-7-6-17-5-4-9(18)8-17/h1-3,9H,4-8H2,(H,16,19). The lowest BCUT2D eigenvalue weighted by Gasteiger charge is -2.34. The monoisotopic (exact) mass is 267 g/mol. The van der Waals surface area contributed by atoms with Gasteiger partial charge in [-0.1, -0.05) is 6.07 Å². The molecule has 0 aromatic heterocycles. The Hall–Kier alpha value is -1.69. The first-order valence-electron chi connectivity index (χ1n) is 6.39. The van der Waals surface area contributed by atoms with Crippen LogP contribution in [0.2, 0.25) is 0 Å². The molecule has 2 bridgehead atoms. The number of urea groups is 1. The molecule has 2 amide bonds. The van der Waals surface area contributed by atoms with Gasteiger partial charge in [0.1, 0.15) is 17.3 Å². The van der Waals surface area contributed by atoms with Crippen LogP contribution in [0.4, 0.5) is 19.3 Å². The van der Waals surface area contributed by atoms with E-state index in [0.29, 0.717) is 6.54 Å². The summed E-state index contributed by atoms with van der Waals surface area (Å²) in [4.78, 5) is 16.1. The number of nitrogens with zero attached hydrogens (tertiary/aromatic N) is 2. The van der Waals surface area contributed by atoms with Gasteiger partial charge in [0, 0.05) is 32.2 Å². The van der Waals surface area contributed by atoms with Crippen LogP contribution >= 0.6 is 0 Å². The lowest BCUT2D eigenvalue weighted by Crippen LogP contribution is -2.51.